The second kappa shape index (κ2) is 7.75. The average Bonchev–Trinajstić information content (AvgIpc) is 2.45. The van der Waals surface area contributed by atoms with E-state index < -0.39 is 0 Å². The molecule has 0 saturated heterocycles. The number of methoxy groups -OCH3 is 1. The molecule has 0 radical (unpaired) electrons. The molecular formula is C15H24N2O3. The number of nitrogens with two attached hydrogens (primary N) is 1. The predicted octanol–water partition coefficient (Wildman–Crippen LogP) is 1.44. The Kier molecular flexibility index (Phi) is 6.31. The fraction of sp³-hybridized carbons (Fsp3) is 0.533. The van der Waals surface area contributed by atoms with Crippen LogP contribution < -0.4 is 15.2 Å². The Morgan fingerprint density at radius 1 is 1.40 bits per heavy atom. The van der Waals surface area contributed by atoms with Crippen molar-refractivity contribution in [1.82, 2.24) is 4.90 Å². The molecule has 0 aromatic heterocycles. The number of nitrogens with zero attached hydrogens (tertiary/aromatic N) is 1. The number of carbonyl (C=O) groups is 1. The highest BCUT2D eigenvalue weighted by atomic mass is 16.5. The topological polar surface area (TPSA) is 64.8 Å². The molecule has 1 aromatic carbocycles. The fourth-order valence-corrected chi connectivity index (χ4v) is 1.66. The second-order valence-electron chi connectivity index (χ2n) is 4.92. The number of hydrogen-bond acceptors (Lipinski definition) is 4. The summed E-state index contributed by atoms with van der Waals surface area (Å²) in [5.74, 6) is 1.27. The molecule has 0 aliphatic rings. The number of ether oxygens (including phenoxy) is 2. The van der Waals surface area contributed by atoms with Crippen LogP contribution in [0.15, 0.2) is 18.2 Å². The summed E-state index contributed by atoms with van der Waals surface area (Å²) >= 11 is 0. The number of likely N-dealkylation sites (N-methyl/N-ethyl adjacent to an activating group) is 1. The van der Waals surface area contributed by atoms with Crippen molar-refractivity contribution in [3.63, 3.8) is 0 Å². The molecule has 0 aliphatic heterocycles. The van der Waals surface area contributed by atoms with Crippen LogP contribution in [0, 0.1) is 0 Å². The van der Waals surface area contributed by atoms with Gasteiger partial charge in [0.2, 0.25) is 0 Å². The lowest BCUT2D eigenvalue weighted by Gasteiger charge is -2.16. The third-order valence-electron chi connectivity index (χ3n) is 3.13. The van der Waals surface area contributed by atoms with Gasteiger partial charge in [0, 0.05) is 26.2 Å². The van der Waals surface area contributed by atoms with E-state index in [1.807, 2.05) is 19.1 Å². The Hall–Kier alpha value is -1.75. The largest absolute Gasteiger partial charge is 0.497 e. The monoisotopic (exact) mass is 280 g/mol. The minimum atomic E-state index is -0.0847. The zero-order valence-electron chi connectivity index (χ0n) is 12.7. The van der Waals surface area contributed by atoms with E-state index in [2.05, 4.69) is 0 Å². The van der Waals surface area contributed by atoms with E-state index in [4.69, 9.17) is 15.2 Å². The summed E-state index contributed by atoms with van der Waals surface area (Å²) < 4.78 is 10.8. The summed E-state index contributed by atoms with van der Waals surface area (Å²) in [5, 5.41) is 0. The molecule has 0 heterocycles. The molecule has 5 nitrogen and oxygen atoms in total. The Balaban J connectivity index is 2.86. The molecule has 1 unspecified atom stereocenters. The van der Waals surface area contributed by atoms with E-state index in [1.165, 1.54) is 4.90 Å². The summed E-state index contributed by atoms with van der Waals surface area (Å²) in [6.07, 6.45) is 1.61. The zero-order chi connectivity index (χ0) is 15.1. The first-order valence-corrected chi connectivity index (χ1v) is 6.73. The smallest absolute Gasteiger partial charge is 0.259 e. The molecule has 1 atom stereocenters. The van der Waals surface area contributed by atoms with Gasteiger partial charge in [-0.2, -0.15) is 0 Å². The number of carbonyl (C=O) groups excluding carboxylic acids is 1. The number of amides is 1. The first-order chi connectivity index (χ1) is 9.47. The van der Waals surface area contributed by atoms with Crippen LogP contribution in [-0.2, 0) is 11.2 Å². The van der Waals surface area contributed by atoms with Crippen molar-refractivity contribution in [2.75, 3.05) is 27.8 Å². The van der Waals surface area contributed by atoms with Gasteiger partial charge in [-0.1, -0.05) is 13.0 Å². The van der Waals surface area contributed by atoms with Crippen molar-refractivity contribution in [2.24, 2.45) is 5.73 Å². The van der Waals surface area contributed by atoms with Crippen molar-refractivity contribution < 1.29 is 14.3 Å². The van der Waals surface area contributed by atoms with E-state index >= 15 is 0 Å². The molecule has 0 spiro atoms. The molecule has 2 N–H and O–H groups in total. The SMILES string of the molecule is CCC(N)Cc1ccc(OC)cc1OCC(=O)N(C)C. The third kappa shape index (κ3) is 4.74. The van der Waals surface area contributed by atoms with Crippen molar-refractivity contribution in [1.29, 1.82) is 0 Å². The van der Waals surface area contributed by atoms with E-state index in [1.54, 1.807) is 27.3 Å². The maximum atomic E-state index is 11.6. The maximum absolute atomic E-state index is 11.6. The highest BCUT2D eigenvalue weighted by Crippen LogP contribution is 2.26. The zero-order valence-corrected chi connectivity index (χ0v) is 12.7. The van der Waals surface area contributed by atoms with Gasteiger partial charge >= 0.3 is 0 Å². The van der Waals surface area contributed by atoms with Gasteiger partial charge in [-0.05, 0) is 24.5 Å². The Labute approximate surface area is 120 Å². The Bertz CT molecular complexity index is 447. The summed E-state index contributed by atoms with van der Waals surface area (Å²) in [6.45, 7) is 2.05. The quantitative estimate of drug-likeness (QED) is 0.821. The van der Waals surface area contributed by atoms with Gasteiger partial charge in [-0.25, -0.2) is 0 Å². The first kappa shape index (κ1) is 16.3. The number of benzene rings is 1. The normalized spacial score (nSPS) is 11.8. The van der Waals surface area contributed by atoms with Crippen molar-refractivity contribution in [2.45, 2.75) is 25.8 Å². The van der Waals surface area contributed by atoms with Crippen LogP contribution in [0.2, 0.25) is 0 Å². The lowest BCUT2D eigenvalue weighted by atomic mass is 10.0. The summed E-state index contributed by atoms with van der Waals surface area (Å²) in [4.78, 5) is 13.1. The lowest BCUT2D eigenvalue weighted by molar-refractivity contribution is -0.130. The fourth-order valence-electron chi connectivity index (χ4n) is 1.66. The summed E-state index contributed by atoms with van der Waals surface area (Å²) in [7, 11) is 5.00. The van der Waals surface area contributed by atoms with Gasteiger partial charge < -0.3 is 20.1 Å². The molecule has 1 aromatic rings. The molecule has 0 aliphatic carbocycles. The van der Waals surface area contributed by atoms with Crippen molar-refractivity contribution in [3.8, 4) is 11.5 Å². The van der Waals surface area contributed by atoms with Crippen LogP contribution in [0.4, 0.5) is 0 Å². The highest BCUT2D eigenvalue weighted by molar-refractivity contribution is 5.77. The van der Waals surface area contributed by atoms with Crippen LogP contribution in [0.3, 0.4) is 0 Å². The van der Waals surface area contributed by atoms with E-state index in [-0.39, 0.29) is 18.6 Å². The molecule has 0 bridgehead atoms. The highest BCUT2D eigenvalue weighted by Gasteiger charge is 2.12. The molecular weight excluding hydrogens is 256 g/mol. The van der Waals surface area contributed by atoms with E-state index in [0.717, 1.165) is 12.0 Å². The van der Waals surface area contributed by atoms with Crippen LogP contribution in [0.5, 0.6) is 11.5 Å². The lowest BCUT2D eigenvalue weighted by Crippen LogP contribution is -2.28. The molecule has 1 rings (SSSR count). The van der Waals surface area contributed by atoms with Gasteiger partial charge in [0.25, 0.3) is 5.91 Å². The average molecular weight is 280 g/mol. The van der Waals surface area contributed by atoms with E-state index in [0.29, 0.717) is 17.9 Å². The second-order valence-corrected chi connectivity index (χ2v) is 4.92. The third-order valence-corrected chi connectivity index (χ3v) is 3.13. The standard InChI is InChI=1S/C15H24N2O3/c1-5-12(16)8-11-6-7-13(19-4)9-14(11)20-10-15(18)17(2)3/h6-7,9,12H,5,8,10,16H2,1-4H3. The molecule has 5 heteroatoms. The minimum Gasteiger partial charge on any atom is -0.497 e. The van der Waals surface area contributed by atoms with Crippen molar-refractivity contribution >= 4 is 5.91 Å². The predicted molar refractivity (Wildman–Crippen MR) is 79.2 cm³/mol. The van der Waals surface area contributed by atoms with Gasteiger partial charge in [0.15, 0.2) is 6.61 Å². The van der Waals surface area contributed by atoms with E-state index in [9.17, 15) is 4.79 Å². The van der Waals surface area contributed by atoms with Gasteiger partial charge in [-0.15, -0.1) is 0 Å². The number of hydrogen-bond donors (Lipinski definition) is 1. The Morgan fingerprint density at radius 3 is 2.65 bits per heavy atom. The molecule has 0 fully saturated rings. The molecule has 112 valence electrons. The first-order valence-electron chi connectivity index (χ1n) is 6.73. The minimum absolute atomic E-state index is 0.00846. The molecule has 0 saturated carbocycles. The molecule has 20 heavy (non-hydrogen) atoms. The van der Waals surface area contributed by atoms with Crippen LogP contribution in [-0.4, -0.2) is 44.7 Å². The van der Waals surface area contributed by atoms with Gasteiger partial charge in [0.1, 0.15) is 11.5 Å². The van der Waals surface area contributed by atoms with Gasteiger partial charge in [-0.3, -0.25) is 4.79 Å². The Morgan fingerprint density at radius 2 is 2.10 bits per heavy atom. The van der Waals surface area contributed by atoms with Crippen LogP contribution in [0.1, 0.15) is 18.9 Å². The molecule has 1 amide bonds. The van der Waals surface area contributed by atoms with Crippen LogP contribution >= 0.6 is 0 Å². The van der Waals surface area contributed by atoms with Crippen LogP contribution in [0.25, 0.3) is 0 Å². The number of rotatable bonds is 7. The van der Waals surface area contributed by atoms with Crippen molar-refractivity contribution in [3.05, 3.63) is 23.8 Å². The maximum Gasteiger partial charge on any atom is 0.259 e. The van der Waals surface area contributed by atoms with Gasteiger partial charge in [0.05, 0.1) is 7.11 Å². The summed E-state index contributed by atoms with van der Waals surface area (Å²) in [5.41, 5.74) is 6.98. The summed E-state index contributed by atoms with van der Waals surface area (Å²) in [6, 6.07) is 5.68.